The number of nitrogens with one attached hydrogen (secondary N) is 1. The Morgan fingerprint density at radius 2 is 1.96 bits per heavy atom. The molecule has 0 fully saturated rings. The van der Waals surface area contributed by atoms with Crippen molar-refractivity contribution in [2.24, 2.45) is 7.05 Å². The molecule has 1 heterocycles. The Balaban J connectivity index is 1.87. The number of sulfone groups is 1. The smallest absolute Gasteiger partial charge is 0.225 e. The summed E-state index contributed by atoms with van der Waals surface area (Å²) in [4.78, 5) is 12.1. The van der Waals surface area contributed by atoms with Crippen molar-refractivity contribution in [1.82, 2.24) is 9.78 Å². The third-order valence-corrected chi connectivity index (χ3v) is 5.33. The first-order valence-electron chi connectivity index (χ1n) is 7.07. The maximum absolute atomic E-state index is 12.2. The minimum atomic E-state index is -3.41. The van der Waals surface area contributed by atoms with Crippen molar-refractivity contribution in [3.8, 4) is 0 Å². The molecule has 1 N–H and O–H groups in total. The Bertz CT molecular complexity index is 798. The van der Waals surface area contributed by atoms with Crippen LogP contribution in [0.15, 0.2) is 35.2 Å². The predicted octanol–water partition coefficient (Wildman–Crippen LogP) is 2.57. The highest BCUT2D eigenvalue weighted by molar-refractivity contribution is 7.91. The summed E-state index contributed by atoms with van der Waals surface area (Å²) in [5.41, 5.74) is 0.799. The van der Waals surface area contributed by atoms with Crippen LogP contribution in [0.4, 0.5) is 5.82 Å². The fourth-order valence-electron chi connectivity index (χ4n) is 2.12. The largest absolute Gasteiger partial charge is 0.311 e. The number of aromatic nitrogens is 2. The van der Waals surface area contributed by atoms with Crippen molar-refractivity contribution in [3.63, 3.8) is 0 Å². The van der Waals surface area contributed by atoms with Gasteiger partial charge in [0.2, 0.25) is 5.91 Å². The molecule has 0 atom stereocenters. The van der Waals surface area contributed by atoms with Crippen molar-refractivity contribution < 1.29 is 13.2 Å². The fourth-order valence-corrected chi connectivity index (χ4v) is 3.55. The maximum Gasteiger partial charge on any atom is 0.225 e. The van der Waals surface area contributed by atoms with Gasteiger partial charge in [0.25, 0.3) is 0 Å². The van der Waals surface area contributed by atoms with Crippen molar-refractivity contribution >= 4 is 33.2 Å². The molecule has 0 spiro atoms. The van der Waals surface area contributed by atoms with Gasteiger partial charge in [-0.05, 0) is 37.6 Å². The molecule has 0 saturated carbocycles. The third-order valence-electron chi connectivity index (χ3n) is 3.26. The zero-order chi connectivity index (χ0) is 17.0. The second kappa shape index (κ2) is 7.14. The summed E-state index contributed by atoms with van der Waals surface area (Å²) in [7, 11) is -1.68. The second-order valence-electron chi connectivity index (χ2n) is 5.22. The van der Waals surface area contributed by atoms with E-state index in [4.69, 9.17) is 11.6 Å². The van der Waals surface area contributed by atoms with E-state index < -0.39 is 9.84 Å². The van der Waals surface area contributed by atoms with Crippen LogP contribution in [0.5, 0.6) is 0 Å². The number of carbonyl (C=O) groups is 1. The van der Waals surface area contributed by atoms with Crippen LogP contribution in [0, 0.1) is 6.92 Å². The number of anilines is 1. The minimum Gasteiger partial charge on any atom is -0.311 e. The monoisotopic (exact) mass is 355 g/mol. The third kappa shape index (κ3) is 4.80. The number of hydrogen-bond donors (Lipinski definition) is 1. The lowest BCUT2D eigenvalue weighted by molar-refractivity contribution is -0.116. The highest BCUT2D eigenvalue weighted by Crippen LogP contribution is 2.16. The van der Waals surface area contributed by atoms with Gasteiger partial charge in [0.1, 0.15) is 5.82 Å². The van der Waals surface area contributed by atoms with Gasteiger partial charge >= 0.3 is 0 Å². The number of rotatable bonds is 6. The van der Waals surface area contributed by atoms with Gasteiger partial charge in [-0.3, -0.25) is 9.48 Å². The lowest BCUT2D eigenvalue weighted by Crippen LogP contribution is -2.16. The Kier molecular flexibility index (Phi) is 5.43. The molecule has 1 aromatic carbocycles. The Hall–Kier alpha value is -1.86. The SMILES string of the molecule is Cc1cc(NC(=O)CCCS(=O)(=O)c2ccc(Cl)cc2)n(C)n1. The molecule has 1 aromatic heterocycles. The molecule has 0 aliphatic heterocycles. The predicted molar refractivity (Wildman–Crippen MR) is 89.3 cm³/mol. The first-order chi connectivity index (χ1) is 10.8. The summed E-state index contributed by atoms with van der Waals surface area (Å²) < 4.78 is 25.9. The number of aryl methyl sites for hydroxylation is 2. The number of amides is 1. The summed E-state index contributed by atoms with van der Waals surface area (Å²) in [6.07, 6.45) is 0.366. The zero-order valence-electron chi connectivity index (χ0n) is 12.9. The van der Waals surface area contributed by atoms with Gasteiger partial charge in [0.15, 0.2) is 9.84 Å². The van der Waals surface area contributed by atoms with Crippen LogP contribution in [0.25, 0.3) is 0 Å². The van der Waals surface area contributed by atoms with Gasteiger partial charge in [-0.1, -0.05) is 11.6 Å². The highest BCUT2D eigenvalue weighted by Gasteiger charge is 2.15. The van der Waals surface area contributed by atoms with E-state index in [0.29, 0.717) is 10.8 Å². The molecule has 2 rings (SSSR count). The molecule has 23 heavy (non-hydrogen) atoms. The maximum atomic E-state index is 12.2. The molecule has 2 aromatic rings. The Morgan fingerprint density at radius 3 is 2.52 bits per heavy atom. The van der Waals surface area contributed by atoms with Crippen molar-refractivity contribution in [2.45, 2.75) is 24.7 Å². The number of halogens is 1. The van der Waals surface area contributed by atoms with Gasteiger partial charge in [-0.2, -0.15) is 5.10 Å². The summed E-state index contributed by atoms with van der Waals surface area (Å²) >= 11 is 5.74. The average molecular weight is 356 g/mol. The Morgan fingerprint density at radius 1 is 1.30 bits per heavy atom. The molecular formula is C15H18ClN3O3S. The zero-order valence-corrected chi connectivity index (χ0v) is 14.5. The van der Waals surface area contributed by atoms with Crippen LogP contribution in [0.2, 0.25) is 5.02 Å². The molecule has 0 bridgehead atoms. The first-order valence-corrected chi connectivity index (χ1v) is 9.10. The minimum absolute atomic E-state index is 0.0908. The van der Waals surface area contributed by atoms with Crippen molar-refractivity contribution in [1.29, 1.82) is 0 Å². The first kappa shape index (κ1) is 17.5. The molecule has 8 heteroatoms. The van der Waals surface area contributed by atoms with E-state index in [0.717, 1.165) is 5.69 Å². The normalized spacial score (nSPS) is 11.4. The van der Waals surface area contributed by atoms with E-state index >= 15 is 0 Å². The average Bonchev–Trinajstić information content (AvgIpc) is 2.77. The van der Waals surface area contributed by atoms with Crippen LogP contribution in [0.1, 0.15) is 18.5 Å². The summed E-state index contributed by atoms with van der Waals surface area (Å²) in [6.45, 7) is 1.83. The molecule has 0 aliphatic carbocycles. The number of hydrogen-bond acceptors (Lipinski definition) is 4. The van der Waals surface area contributed by atoms with E-state index in [1.165, 1.54) is 24.3 Å². The van der Waals surface area contributed by atoms with E-state index in [1.54, 1.807) is 17.8 Å². The second-order valence-corrected chi connectivity index (χ2v) is 7.76. The van der Waals surface area contributed by atoms with Crippen molar-refractivity contribution in [3.05, 3.63) is 41.0 Å². The number of carbonyl (C=O) groups excluding carboxylic acids is 1. The highest BCUT2D eigenvalue weighted by atomic mass is 35.5. The van der Waals surface area contributed by atoms with Gasteiger partial charge in [-0.25, -0.2) is 8.42 Å². The lowest BCUT2D eigenvalue weighted by Gasteiger charge is -2.06. The standard InChI is InChI=1S/C15H18ClN3O3S/c1-11-10-14(19(2)18-11)17-15(20)4-3-9-23(21,22)13-7-5-12(16)6-8-13/h5-8,10H,3-4,9H2,1-2H3,(H,17,20). The van der Waals surface area contributed by atoms with E-state index in [2.05, 4.69) is 10.4 Å². The van der Waals surface area contributed by atoms with Gasteiger partial charge in [0, 0.05) is 24.6 Å². The van der Waals surface area contributed by atoms with E-state index in [9.17, 15) is 13.2 Å². The fraction of sp³-hybridized carbons (Fsp3) is 0.333. The number of benzene rings is 1. The number of nitrogens with zero attached hydrogens (tertiary/aromatic N) is 2. The van der Waals surface area contributed by atoms with Gasteiger partial charge in [0.05, 0.1) is 16.3 Å². The molecule has 6 nitrogen and oxygen atoms in total. The van der Waals surface area contributed by atoms with Gasteiger partial charge < -0.3 is 5.32 Å². The molecule has 1 amide bonds. The summed E-state index contributed by atoms with van der Waals surface area (Å²) in [6, 6.07) is 7.76. The van der Waals surface area contributed by atoms with Crippen LogP contribution < -0.4 is 5.32 Å². The Labute approximate surface area is 140 Å². The summed E-state index contributed by atoms with van der Waals surface area (Å²) in [5, 5.41) is 7.32. The van der Waals surface area contributed by atoms with Crippen molar-refractivity contribution in [2.75, 3.05) is 11.1 Å². The summed E-state index contributed by atoms with van der Waals surface area (Å²) in [5.74, 6) is 0.263. The van der Waals surface area contributed by atoms with Crippen LogP contribution in [-0.4, -0.2) is 29.9 Å². The quantitative estimate of drug-likeness (QED) is 0.863. The lowest BCUT2D eigenvalue weighted by atomic mass is 10.3. The van der Waals surface area contributed by atoms with Crippen LogP contribution in [0.3, 0.4) is 0 Å². The van der Waals surface area contributed by atoms with E-state index in [-0.39, 0.29) is 29.4 Å². The van der Waals surface area contributed by atoms with Crippen LogP contribution in [-0.2, 0) is 21.7 Å². The molecule has 0 saturated heterocycles. The molecule has 0 unspecified atom stereocenters. The topological polar surface area (TPSA) is 81.1 Å². The van der Waals surface area contributed by atoms with Crippen LogP contribution >= 0.6 is 11.6 Å². The molecule has 0 aliphatic rings. The molecule has 124 valence electrons. The van der Waals surface area contributed by atoms with E-state index in [1.807, 2.05) is 6.92 Å². The molecule has 0 radical (unpaired) electrons. The molecular weight excluding hydrogens is 338 g/mol. The van der Waals surface area contributed by atoms with Gasteiger partial charge in [-0.15, -0.1) is 0 Å².